The highest BCUT2D eigenvalue weighted by atomic mass is 19.4. The lowest BCUT2D eigenvalue weighted by molar-refractivity contribution is -0.274. The van der Waals surface area contributed by atoms with E-state index in [4.69, 9.17) is 0 Å². The quantitative estimate of drug-likeness (QED) is 0.827. The molecule has 8 heteroatoms. The van der Waals surface area contributed by atoms with Crippen molar-refractivity contribution < 1.29 is 22.7 Å². The third-order valence-corrected chi connectivity index (χ3v) is 4.59. The minimum atomic E-state index is -4.74. The molecule has 150 valence electrons. The van der Waals surface area contributed by atoms with Gasteiger partial charge in [-0.25, -0.2) is 4.79 Å². The van der Waals surface area contributed by atoms with E-state index >= 15 is 0 Å². The van der Waals surface area contributed by atoms with Crippen molar-refractivity contribution >= 4 is 17.4 Å². The van der Waals surface area contributed by atoms with E-state index in [0.29, 0.717) is 25.3 Å². The third-order valence-electron chi connectivity index (χ3n) is 4.59. The topological polar surface area (TPSA) is 44.8 Å². The summed E-state index contributed by atoms with van der Waals surface area (Å²) < 4.78 is 40.4. The Bertz CT molecular complexity index is 824. The van der Waals surface area contributed by atoms with Crippen molar-refractivity contribution in [2.75, 3.05) is 29.9 Å². The first-order valence-electron chi connectivity index (χ1n) is 8.96. The van der Waals surface area contributed by atoms with Gasteiger partial charge in [0.2, 0.25) is 0 Å². The van der Waals surface area contributed by atoms with Crippen molar-refractivity contribution in [2.24, 2.45) is 0 Å². The standard InChI is InChI=1S/C20H22F3N3O2/c1-14-4-3-5-17(12-14)26-11-10-25(13-15(26)2)19(27)24-16-6-8-18(9-7-16)28-20(21,22)23/h3-9,12,15H,10-11,13H2,1-2H3,(H,24,27). The summed E-state index contributed by atoms with van der Waals surface area (Å²) in [5.41, 5.74) is 2.73. The molecular formula is C20H22F3N3O2. The predicted octanol–water partition coefficient (Wildman–Crippen LogP) is 4.64. The number of benzene rings is 2. The molecule has 2 amide bonds. The number of alkyl halides is 3. The number of piperazine rings is 1. The first kappa shape index (κ1) is 19.9. The average molecular weight is 393 g/mol. The largest absolute Gasteiger partial charge is 0.573 e. The number of hydrogen-bond acceptors (Lipinski definition) is 3. The monoisotopic (exact) mass is 393 g/mol. The molecule has 0 aromatic heterocycles. The molecule has 0 radical (unpaired) electrons. The van der Waals surface area contributed by atoms with Crippen molar-refractivity contribution in [3.05, 3.63) is 54.1 Å². The van der Waals surface area contributed by atoms with Crippen LogP contribution in [0.25, 0.3) is 0 Å². The molecule has 2 aromatic carbocycles. The zero-order chi connectivity index (χ0) is 20.3. The SMILES string of the molecule is Cc1cccc(N2CCN(C(=O)Nc3ccc(OC(F)(F)F)cc3)CC2C)c1. The van der Waals surface area contributed by atoms with Crippen molar-refractivity contribution in [3.63, 3.8) is 0 Å². The van der Waals surface area contributed by atoms with Crippen LogP contribution in [0.5, 0.6) is 5.75 Å². The van der Waals surface area contributed by atoms with Crippen LogP contribution in [0.2, 0.25) is 0 Å². The Kier molecular flexibility index (Phi) is 5.67. The number of carbonyl (C=O) groups excluding carboxylic acids is 1. The van der Waals surface area contributed by atoms with Gasteiger partial charge < -0.3 is 19.9 Å². The molecule has 5 nitrogen and oxygen atoms in total. The molecular weight excluding hydrogens is 371 g/mol. The summed E-state index contributed by atoms with van der Waals surface area (Å²) >= 11 is 0. The van der Waals surface area contributed by atoms with E-state index < -0.39 is 6.36 Å². The molecule has 0 aliphatic carbocycles. The van der Waals surface area contributed by atoms with Gasteiger partial charge in [0.1, 0.15) is 5.75 Å². The van der Waals surface area contributed by atoms with Gasteiger partial charge in [0.15, 0.2) is 0 Å². The van der Waals surface area contributed by atoms with Crippen LogP contribution in [0.3, 0.4) is 0 Å². The zero-order valence-electron chi connectivity index (χ0n) is 15.7. The Morgan fingerprint density at radius 3 is 2.46 bits per heavy atom. The Morgan fingerprint density at radius 1 is 1.14 bits per heavy atom. The van der Waals surface area contributed by atoms with Gasteiger partial charge in [-0.3, -0.25) is 0 Å². The Labute approximate surface area is 161 Å². The highest BCUT2D eigenvalue weighted by molar-refractivity contribution is 5.89. The number of nitrogens with zero attached hydrogens (tertiary/aromatic N) is 2. The van der Waals surface area contributed by atoms with Crippen LogP contribution in [0.4, 0.5) is 29.3 Å². The van der Waals surface area contributed by atoms with E-state index in [1.54, 1.807) is 4.90 Å². The number of halogens is 3. The third kappa shape index (κ3) is 5.09. The summed E-state index contributed by atoms with van der Waals surface area (Å²) in [5, 5.41) is 2.72. The lowest BCUT2D eigenvalue weighted by atomic mass is 10.1. The van der Waals surface area contributed by atoms with Crippen LogP contribution < -0.4 is 15.0 Å². The summed E-state index contributed by atoms with van der Waals surface area (Å²) in [6, 6.07) is 13.2. The van der Waals surface area contributed by atoms with Gasteiger partial charge in [0, 0.05) is 37.1 Å². The molecule has 1 heterocycles. The maximum absolute atomic E-state index is 12.5. The average Bonchev–Trinajstić information content (AvgIpc) is 2.62. The molecule has 1 N–H and O–H groups in total. The van der Waals surface area contributed by atoms with Crippen LogP contribution in [0, 0.1) is 6.92 Å². The summed E-state index contributed by atoms with van der Waals surface area (Å²) in [6.07, 6.45) is -4.74. The second-order valence-electron chi connectivity index (χ2n) is 6.83. The maximum atomic E-state index is 12.5. The zero-order valence-corrected chi connectivity index (χ0v) is 15.7. The van der Waals surface area contributed by atoms with Crippen LogP contribution in [0.15, 0.2) is 48.5 Å². The van der Waals surface area contributed by atoms with Gasteiger partial charge in [-0.2, -0.15) is 0 Å². The van der Waals surface area contributed by atoms with Crippen molar-refractivity contribution in [1.29, 1.82) is 0 Å². The molecule has 1 fully saturated rings. The van der Waals surface area contributed by atoms with E-state index in [0.717, 1.165) is 5.69 Å². The van der Waals surface area contributed by atoms with Crippen LogP contribution in [-0.2, 0) is 0 Å². The second-order valence-corrected chi connectivity index (χ2v) is 6.83. The molecule has 1 aliphatic rings. The number of anilines is 2. The minimum Gasteiger partial charge on any atom is -0.406 e. The normalized spacial score (nSPS) is 17.4. The van der Waals surface area contributed by atoms with Crippen LogP contribution >= 0.6 is 0 Å². The van der Waals surface area contributed by atoms with Gasteiger partial charge in [-0.15, -0.1) is 13.2 Å². The number of nitrogens with one attached hydrogen (secondary N) is 1. The summed E-state index contributed by atoms with van der Waals surface area (Å²) in [7, 11) is 0. The summed E-state index contributed by atoms with van der Waals surface area (Å²) in [6.45, 7) is 5.92. The molecule has 2 aromatic rings. The first-order chi connectivity index (χ1) is 13.2. The van der Waals surface area contributed by atoms with Gasteiger partial charge in [-0.05, 0) is 55.8 Å². The van der Waals surface area contributed by atoms with E-state index in [2.05, 4.69) is 34.0 Å². The summed E-state index contributed by atoms with van der Waals surface area (Å²) in [5.74, 6) is -0.328. The number of urea groups is 1. The highest BCUT2D eigenvalue weighted by Gasteiger charge is 2.31. The lowest BCUT2D eigenvalue weighted by Gasteiger charge is -2.41. The first-order valence-corrected chi connectivity index (χ1v) is 8.96. The predicted molar refractivity (Wildman–Crippen MR) is 102 cm³/mol. The maximum Gasteiger partial charge on any atom is 0.573 e. The fourth-order valence-corrected chi connectivity index (χ4v) is 3.27. The Balaban J connectivity index is 1.57. The fourth-order valence-electron chi connectivity index (χ4n) is 3.27. The molecule has 28 heavy (non-hydrogen) atoms. The van der Waals surface area contributed by atoms with Gasteiger partial charge >= 0.3 is 12.4 Å². The number of carbonyl (C=O) groups is 1. The van der Waals surface area contributed by atoms with Crippen LogP contribution in [-0.4, -0.2) is 43.0 Å². The van der Waals surface area contributed by atoms with E-state index in [1.807, 2.05) is 19.1 Å². The van der Waals surface area contributed by atoms with E-state index in [1.165, 1.54) is 29.8 Å². The Hall–Kier alpha value is -2.90. The molecule has 0 bridgehead atoms. The molecule has 1 unspecified atom stereocenters. The highest BCUT2D eigenvalue weighted by Crippen LogP contribution is 2.25. The smallest absolute Gasteiger partial charge is 0.406 e. The number of amides is 2. The Morgan fingerprint density at radius 2 is 1.86 bits per heavy atom. The fraction of sp³-hybridized carbons (Fsp3) is 0.350. The lowest BCUT2D eigenvalue weighted by Crippen LogP contribution is -2.54. The van der Waals surface area contributed by atoms with Crippen LogP contribution in [0.1, 0.15) is 12.5 Å². The van der Waals surface area contributed by atoms with Crippen molar-refractivity contribution in [2.45, 2.75) is 26.3 Å². The number of aryl methyl sites for hydroxylation is 1. The molecule has 0 saturated carbocycles. The summed E-state index contributed by atoms with van der Waals surface area (Å²) in [4.78, 5) is 16.5. The molecule has 1 atom stereocenters. The number of ether oxygens (including phenoxy) is 1. The van der Waals surface area contributed by atoms with E-state index in [9.17, 15) is 18.0 Å². The van der Waals surface area contributed by atoms with Gasteiger partial charge in [-0.1, -0.05) is 12.1 Å². The number of rotatable bonds is 3. The molecule has 3 rings (SSSR count). The van der Waals surface area contributed by atoms with E-state index in [-0.39, 0.29) is 17.8 Å². The molecule has 1 saturated heterocycles. The molecule has 1 aliphatic heterocycles. The second kappa shape index (κ2) is 8.00. The van der Waals surface area contributed by atoms with Gasteiger partial charge in [0.05, 0.1) is 0 Å². The van der Waals surface area contributed by atoms with Gasteiger partial charge in [0.25, 0.3) is 0 Å². The number of hydrogen-bond donors (Lipinski definition) is 1. The van der Waals surface area contributed by atoms with Crippen molar-refractivity contribution in [1.82, 2.24) is 4.90 Å². The molecule has 0 spiro atoms. The van der Waals surface area contributed by atoms with Crippen molar-refractivity contribution in [3.8, 4) is 5.75 Å². The minimum absolute atomic E-state index is 0.142.